The van der Waals surface area contributed by atoms with Crippen LogP contribution in [-0.2, 0) is 0 Å². The molecule has 0 saturated heterocycles. The molecular formula is C14H16ClN3. The van der Waals surface area contributed by atoms with Gasteiger partial charge in [0.1, 0.15) is 6.07 Å². The van der Waals surface area contributed by atoms with E-state index < -0.39 is 0 Å². The summed E-state index contributed by atoms with van der Waals surface area (Å²) in [5.74, 6) is 0. The van der Waals surface area contributed by atoms with E-state index in [0.29, 0.717) is 23.6 Å². The maximum Gasteiger partial charge on any atom is 0.101 e. The fourth-order valence-corrected chi connectivity index (χ4v) is 1.75. The van der Waals surface area contributed by atoms with Crippen molar-refractivity contribution in [1.29, 1.82) is 10.5 Å². The molecule has 0 aliphatic heterocycles. The molecule has 0 heterocycles. The van der Waals surface area contributed by atoms with Crippen molar-refractivity contribution in [1.82, 2.24) is 0 Å². The molecule has 1 rings (SSSR count). The third-order valence-electron chi connectivity index (χ3n) is 2.77. The van der Waals surface area contributed by atoms with E-state index >= 15 is 0 Å². The molecule has 0 aliphatic rings. The Morgan fingerprint density at radius 1 is 1.33 bits per heavy atom. The van der Waals surface area contributed by atoms with Crippen molar-refractivity contribution in [3.63, 3.8) is 0 Å². The average Bonchev–Trinajstić information content (AvgIpc) is 2.34. The van der Waals surface area contributed by atoms with Gasteiger partial charge in [0.2, 0.25) is 0 Å². The van der Waals surface area contributed by atoms with Gasteiger partial charge in [-0.15, -0.1) is 0 Å². The van der Waals surface area contributed by atoms with E-state index in [-0.39, 0.29) is 5.41 Å². The summed E-state index contributed by atoms with van der Waals surface area (Å²) < 4.78 is 0. The van der Waals surface area contributed by atoms with Crippen LogP contribution in [0.4, 0.5) is 5.69 Å². The van der Waals surface area contributed by atoms with Gasteiger partial charge in [-0.2, -0.15) is 10.5 Å². The number of hydrogen-bond donors (Lipinski definition) is 1. The molecule has 0 unspecified atom stereocenters. The van der Waals surface area contributed by atoms with Crippen molar-refractivity contribution < 1.29 is 0 Å². The topological polar surface area (TPSA) is 59.6 Å². The first-order valence-corrected chi connectivity index (χ1v) is 6.17. The molecule has 0 aliphatic carbocycles. The molecule has 0 fully saturated rings. The first kappa shape index (κ1) is 14.4. The largest absolute Gasteiger partial charge is 0.383 e. The number of hydrogen-bond acceptors (Lipinski definition) is 3. The van der Waals surface area contributed by atoms with Crippen LogP contribution in [0, 0.1) is 28.1 Å². The minimum absolute atomic E-state index is 0.00474. The average molecular weight is 262 g/mol. The molecule has 0 bridgehead atoms. The van der Waals surface area contributed by atoms with Gasteiger partial charge in [0.25, 0.3) is 0 Å². The van der Waals surface area contributed by atoms with E-state index in [4.69, 9.17) is 22.1 Å². The summed E-state index contributed by atoms with van der Waals surface area (Å²) in [6.45, 7) is 4.88. The molecule has 1 N–H and O–H groups in total. The highest BCUT2D eigenvalue weighted by molar-refractivity contribution is 6.30. The standard InChI is InChI=1S/C14H16ClN3/c1-14(2,6-3-7-16)10-18-13-8-12(15)5-4-11(13)9-17/h4-5,8,18H,3,6,10H2,1-2H3. The number of nitrogens with zero attached hydrogens (tertiary/aromatic N) is 2. The third-order valence-corrected chi connectivity index (χ3v) is 3.01. The van der Waals surface area contributed by atoms with Crippen molar-refractivity contribution in [2.45, 2.75) is 26.7 Å². The van der Waals surface area contributed by atoms with Crippen LogP contribution in [0.15, 0.2) is 18.2 Å². The summed E-state index contributed by atoms with van der Waals surface area (Å²) in [4.78, 5) is 0. The number of anilines is 1. The van der Waals surface area contributed by atoms with Gasteiger partial charge in [-0.1, -0.05) is 25.4 Å². The molecule has 1 aromatic rings. The van der Waals surface area contributed by atoms with Crippen molar-refractivity contribution in [2.75, 3.05) is 11.9 Å². The van der Waals surface area contributed by atoms with Crippen molar-refractivity contribution >= 4 is 17.3 Å². The maximum absolute atomic E-state index is 9.00. The van der Waals surface area contributed by atoms with Gasteiger partial charge in [0.05, 0.1) is 17.3 Å². The van der Waals surface area contributed by atoms with Gasteiger partial charge in [0, 0.05) is 18.0 Å². The van der Waals surface area contributed by atoms with E-state index in [9.17, 15) is 0 Å². The quantitative estimate of drug-likeness (QED) is 0.873. The normalized spacial score (nSPS) is 10.5. The Balaban J connectivity index is 2.72. The Bertz CT molecular complexity index is 495. The highest BCUT2D eigenvalue weighted by atomic mass is 35.5. The monoisotopic (exact) mass is 261 g/mol. The lowest BCUT2D eigenvalue weighted by Crippen LogP contribution is -2.23. The van der Waals surface area contributed by atoms with Crippen LogP contribution in [0.1, 0.15) is 32.3 Å². The number of benzene rings is 1. The molecule has 0 aromatic heterocycles. The van der Waals surface area contributed by atoms with E-state index in [2.05, 4.69) is 31.3 Å². The SMILES string of the molecule is CC(C)(CCC#N)CNc1cc(Cl)ccc1C#N. The summed E-state index contributed by atoms with van der Waals surface area (Å²) in [5.41, 5.74) is 1.33. The maximum atomic E-state index is 9.00. The number of nitriles is 2. The fourth-order valence-electron chi connectivity index (χ4n) is 1.58. The lowest BCUT2D eigenvalue weighted by molar-refractivity contribution is 0.364. The molecule has 4 heteroatoms. The molecule has 1 aromatic carbocycles. The second kappa shape index (κ2) is 6.28. The summed E-state index contributed by atoms with van der Waals surface area (Å²) in [6.07, 6.45) is 1.36. The van der Waals surface area contributed by atoms with Gasteiger partial charge in [0.15, 0.2) is 0 Å². The highest BCUT2D eigenvalue weighted by Crippen LogP contribution is 2.25. The summed E-state index contributed by atoms with van der Waals surface area (Å²) in [6, 6.07) is 9.43. The van der Waals surface area contributed by atoms with E-state index in [1.165, 1.54) is 0 Å². The van der Waals surface area contributed by atoms with Crippen molar-refractivity contribution in [3.8, 4) is 12.1 Å². The zero-order chi connectivity index (χ0) is 13.6. The Kier molecular flexibility index (Phi) is 5.01. The van der Waals surface area contributed by atoms with Crippen LogP contribution < -0.4 is 5.32 Å². The molecular weight excluding hydrogens is 246 g/mol. The molecule has 0 atom stereocenters. The second-order valence-corrected chi connectivity index (χ2v) is 5.41. The summed E-state index contributed by atoms with van der Waals surface area (Å²) in [5, 5.41) is 21.4. The van der Waals surface area contributed by atoms with Gasteiger partial charge in [-0.05, 0) is 30.0 Å². The Morgan fingerprint density at radius 3 is 2.67 bits per heavy atom. The number of rotatable bonds is 5. The predicted molar refractivity (Wildman–Crippen MR) is 73.3 cm³/mol. The lowest BCUT2D eigenvalue weighted by atomic mass is 9.88. The lowest BCUT2D eigenvalue weighted by Gasteiger charge is -2.24. The highest BCUT2D eigenvalue weighted by Gasteiger charge is 2.17. The van der Waals surface area contributed by atoms with Crippen LogP contribution in [0.5, 0.6) is 0 Å². The van der Waals surface area contributed by atoms with Crippen LogP contribution in [0.2, 0.25) is 5.02 Å². The summed E-state index contributed by atoms with van der Waals surface area (Å²) >= 11 is 5.91. The predicted octanol–water partition coefficient (Wildman–Crippen LogP) is 3.95. The molecule has 0 amide bonds. The molecule has 0 saturated carbocycles. The molecule has 0 radical (unpaired) electrons. The first-order valence-electron chi connectivity index (χ1n) is 5.79. The van der Waals surface area contributed by atoms with Gasteiger partial charge >= 0.3 is 0 Å². The van der Waals surface area contributed by atoms with Crippen LogP contribution in [-0.4, -0.2) is 6.54 Å². The van der Waals surface area contributed by atoms with E-state index in [1.54, 1.807) is 18.2 Å². The number of halogens is 1. The summed E-state index contributed by atoms with van der Waals surface area (Å²) in [7, 11) is 0. The Hall–Kier alpha value is -1.71. The Labute approximate surface area is 113 Å². The van der Waals surface area contributed by atoms with Gasteiger partial charge < -0.3 is 5.32 Å². The van der Waals surface area contributed by atoms with Crippen LogP contribution in [0.25, 0.3) is 0 Å². The van der Waals surface area contributed by atoms with Gasteiger partial charge in [-0.3, -0.25) is 0 Å². The second-order valence-electron chi connectivity index (χ2n) is 4.98. The van der Waals surface area contributed by atoms with Crippen molar-refractivity contribution in [2.24, 2.45) is 5.41 Å². The zero-order valence-corrected chi connectivity index (χ0v) is 11.4. The van der Waals surface area contributed by atoms with Gasteiger partial charge in [-0.25, -0.2) is 0 Å². The molecule has 94 valence electrons. The minimum Gasteiger partial charge on any atom is -0.383 e. The first-order chi connectivity index (χ1) is 8.48. The molecule has 18 heavy (non-hydrogen) atoms. The molecule has 3 nitrogen and oxygen atoms in total. The van der Waals surface area contributed by atoms with E-state index in [0.717, 1.165) is 12.1 Å². The fraction of sp³-hybridized carbons (Fsp3) is 0.429. The Morgan fingerprint density at radius 2 is 2.06 bits per heavy atom. The van der Waals surface area contributed by atoms with E-state index in [1.807, 2.05) is 0 Å². The number of nitrogens with one attached hydrogen (secondary N) is 1. The smallest absolute Gasteiger partial charge is 0.101 e. The van der Waals surface area contributed by atoms with Crippen LogP contribution >= 0.6 is 11.6 Å². The third kappa shape index (κ3) is 4.28. The minimum atomic E-state index is 0.00474. The molecule has 0 spiro atoms. The zero-order valence-electron chi connectivity index (χ0n) is 10.6. The van der Waals surface area contributed by atoms with Crippen molar-refractivity contribution in [3.05, 3.63) is 28.8 Å². The van der Waals surface area contributed by atoms with Crippen LogP contribution in [0.3, 0.4) is 0 Å².